The van der Waals surface area contributed by atoms with Gasteiger partial charge in [-0.05, 0) is 12.8 Å². The number of benzene rings is 1. The molecule has 3 rings (SSSR count). The van der Waals surface area contributed by atoms with E-state index in [1.54, 1.807) is 6.20 Å². The number of imidazole rings is 1. The number of aromatic nitrogens is 2. The van der Waals surface area contributed by atoms with E-state index < -0.39 is 0 Å². The molecule has 1 aromatic heterocycles. The van der Waals surface area contributed by atoms with Crippen LogP contribution in [0.2, 0.25) is 0 Å². The van der Waals surface area contributed by atoms with Crippen LogP contribution in [0.15, 0.2) is 54.9 Å². The van der Waals surface area contributed by atoms with Gasteiger partial charge in [-0.25, -0.2) is 4.98 Å². The Balaban J connectivity index is 1.70. The largest absolute Gasteiger partial charge is 0.348 e. The summed E-state index contributed by atoms with van der Waals surface area (Å²) < 4.78 is 1.88. The van der Waals surface area contributed by atoms with Gasteiger partial charge in [-0.15, -0.1) is 0 Å². The summed E-state index contributed by atoms with van der Waals surface area (Å²) in [6, 6.07) is 10.1. The number of hydrogen-bond acceptors (Lipinski definition) is 2. The van der Waals surface area contributed by atoms with E-state index >= 15 is 0 Å². The van der Waals surface area contributed by atoms with E-state index in [0.29, 0.717) is 6.54 Å². The average molecular weight is 267 g/mol. The van der Waals surface area contributed by atoms with Crippen molar-refractivity contribution < 1.29 is 4.79 Å². The molecule has 0 bridgehead atoms. The van der Waals surface area contributed by atoms with Crippen molar-refractivity contribution in [1.29, 1.82) is 0 Å². The van der Waals surface area contributed by atoms with E-state index in [4.69, 9.17) is 0 Å². The second-order valence-electron chi connectivity index (χ2n) is 4.92. The van der Waals surface area contributed by atoms with Gasteiger partial charge in [0, 0.05) is 24.0 Å². The molecule has 20 heavy (non-hydrogen) atoms. The van der Waals surface area contributed by atoms with Crippen molar-refractivity contribution in [2.24, 2.45) is 0 Å². The molecule has 0 saturated carbocycles. The fraction of sp³-hybridized carbons (Fsp3) is 0.250. The maximum Gasteiger partial charge on any atom is 0.240 e. The van der Waals surface area contributed by atoms with Crippen LogP contribution >= 0.6 is 0 Å². The smallest absolute Gasteiger partial charge is 0.240 e. The summed E-state index contributed by atoms with van der Waals surface area (Å²) in [6.07, 6.45) is 9.78. The van der Waals surface area contributed by atoms with Gasteiger partial charge in [0.2, 0.25) is 5.91 Å². The third-order valence-electron chi connectivity index (χ3n) is 3.42. The summed E-state index contributed by atoms with van der Waals surface area (Å²) in [5.74, 6) is 0.847. The van der Waals surface area contributed by atoms with Crippen LogP contribution in [-0.2, 0) is 11.3 Å². The molecule has 0 spiro atoms. The Labute approximate surface area is 118 Å². The monoisotopic (exact) mass is 267 g/mol. The van der Waals surface area contributed by atoms with E-state index in [1.807, 2.05) is 41.1 Å². The number of rotatable bonds is 4. The summed E-state index contributed by atoms with van der Waals surface area (Å²) >= 11 is 0. The molecular formula is C16H17N3O. The molecule has 1 N–H and O–H groups in total. The predicted molar refractivity (Wildman–Crippen MR) is 78.0 cm³/mol. The highest BCUT2D eigenvalue weighted by atomic mass is 16.2. The van der Waals surface area contributed by atoms with E-state index in [2.05, 4.69) is 22.5 Å². The standard InChI is InChI=1S/C16H17N3O/c20-15(18-14-8-4-5-9-14)12-19-11-10-17-16(19)13-6-2-1-3-7-13/h1-4,6-8,10-11,14H,5,9,12H2,(H,18,20). The van der Waals surface area contributed by atoms with Crippen molar-refractivity contribution in [3.63, 3.8) is 0 Å². The van der Waals surface area contributed by atoms with E-state index in [1.165, 1.54) is 0 Å². The summed E-state index contributed by atoms with van der Waals surface area (Å²) in [6.45, 7) is 0.300. The first-order valence-corrected chi connectivity index (χ1v) is 6.85. The Morgan fingerprint density at radius 2 is 2.20 bits per heavy atom. The minimum Gasteiger partial charge on any atom is -0.348 e. The van der Waals surface area contributed by atoms with Gasteiger partial charge < -0.3 is 9.88 Å². The van der Waals surface area contributed by atoms with Gasteiger partial charge in [0.05, 0.1) is 0 Å². The summed E-state index contributed by atoms with van der Waals surface area (Å²) in [7, 11) is 0. The highest BCUT2D eigenvalue weighted by Crippen LogP contribution is 2.16. The average Bonchev–Trinajstić information content (AvgIpc) is 3.11. The maximum atomic E-state index is 12.1. The zero-order valence-corrected chi connectivity index (χ0v) is 11.2. The number of hydrogen-bond donors (Lipinski definition) is 1. The van der Waals surface area contributed by atoms with Crippen LogP contribution in [0.4, 0.5) is 0 Å². The Hall–Kier alpha value is -2.36. The molecular weight excluding hydrogens is 250 g/mol. The summed E-state index contributed by atoms with van der Waals surface area (Å²) in [4.78, 5) is 16.4. The zero-order chi connectivity index (χ0) is 13.8. The van der Waals surface area contributed by atoms with Crippen molar-refractivity contribution in [2.45, 2.75) is 25.4 Å². The van der Waals surface area contributed by atoms with Gasteiger partial charge >= 0.3 is 0 Å². The van der Waals surface area contributed by atoms with Crippen LogP contribution in [0.25, 0.3) is 11.4 Å². The predicted octanol–water partition coefficient (Wildman–Crippen LogP) is 2.38. The number of allylic oxidation sites excluding steroid dienone is 1. The topological polar surface area (TPSA) is 46.9 Å². The molecule has 1 aromatic carbocycles. The van der Waals surface area contributed by atoms with Crippen LogP contribution in [0.3, 0.4) is 0 Å². The molecule has 1 heterocycles. The Bertz CT molecular complexity index is 616. The van der Waals surface area contributed by atoms with E-state index in [-0.39, 0.29) is 11.9 Å². The molecule has 1 aliphatic carbocycles. The lowest BCUT2D eigenvalue weighted by Gasteiger charge is -2.12. The molecule has 4 heteroatoms. The number of carbonyl (C=O) groups excluding carboxylic acids is 1. The van der Waals surface area contributed by atoms with Crippen LogP contribution < -0.4 is 5.32 Å². The summed E-state index contributed by atoms with van der Waals surface area (Å²) in [5, 5.41) is 3.02. The zero-order valence-electron chi connectivity index (χ0n) is 11.2. The fourth-order valence-corrected chi connectivity index (χ4v) is 2.44. The first-order chi connectivity index (χ1) is 9.83. The molecule has 102 valence electrons. The van der Waals surface area contributed by atoms with Gasteiger partial charge in [0.1, 0.15) is 12.4 Å². The second kappa shape index (κ2) is 5.74. The SMILES string of the molecule is O=C(Cn1ccnc1-c1ccccc1)NC1C=CCC1. The lowest BCUT2D eigenvalue weighted by atomic mass is 10.2. The lowest BCUT2D eigenvalue weighted by molar-refractivity contribution is -0.122. The van der Waals surface area contributed by atoms with Gasteiger partial charge in [-0.2, -0.15) is 0 Å². The van der Waals surface area contributed by atoms with Gasteiger partial charge in [0.15, 0.2) is 0 Å². The van der Waals surface area contributed by atoms with Gasteiger partial charge in [-0.3, -0.25) is 4.79 Å². The molecule has 4 nitrogen and oxygen atoms in total. The third kappa shape index (κ3) is 2.79. The highest BCUT2D eigenvalue weighted by Gasteiger charge is 2.14. The first-order valence-electron chi connectivity index (χ1n) is 6.85. The lowest BCUT2D eigenvalue weighted by Crippen LogP contribution is -2.34. The van der Waals surface area contributed by atoms with Crippen molar-refractivity contribution in [1.82, 2.24) is 14.9 Å². The van der Waals surface area contributed by atoms with Gasteiger partial charge in [0.25, 0.3) is 0 Å². The van der Waals surface area contributed by atoms with E-state index in [0.717, 1.165) is 24.2 Å². The minimum absolute atomic E-state index is 0.0248. The van der Waals surface area contributed by atoms with Crippen molar-refractivity contribution >= 4 is 5.91 Å². The molecule has 0 aliphatic heterocycles. The molecule has 0 radical (unpaired) electrons. The Morgan fingerprint density at radius 3 is 2.95 bits per heavy atom. The van der Waals surface area contributed by atoms with Crippen molar-refractivity contribution in [3.05, 3.63) is 54.9 Å². The minimum atomic E-state index is 0.0248. The van der Waals surface area contributed by atoms with Crippen molar-refractivity contribution in [2.75, 3.05) is 0 Å². The highest BCUT2D eigenvalue weighted by molar-refractivity contribution is 5.77. The third-order valence-corrected chi connectivity index (χ3v) is 3.42. The van der Waals surface area contributed by atoms with Crippen LogP contribution in [-0.4, -0.2) is 21.5 Å². The molecule has 1 aliphatic rings. The quantitative estimate of drug-likeness (QED) is 0.865. The molecule has 0 saturated heterocycles. The number of nitrogens with zero attached hydrogens (tertiary/aromatic N) is 2. The Morgan fingerprint density at radius 1 is 1.35 bits per heavy atom. The number of amides is 1. The van der Waals surface area contributed by atoms with E-state index in [9.17, 15) is 4.79 Å². The molecule has 1 amide bonds. The normalized spacial score (nSPS) is 17.3. The number of nitrogens with one attached hydrogen (secondary N) is 1. The number of carbonyl (C=O) groups is 1. The molecule has 2 aromatic rings. The first kappa shape index (κ1) is 12.7. The molecule has 0 fully saturated rings. The maximum absolute atomic E-state index is 12.1. The molecule has 1 unspecified atom stereocenters. The second-order valence-corrected chi connectivity index (χ2v) is 4.92. The Kier molecular flexibility index (Phi) is 3.63. The van der Waals surface area contributed by atoms with Crippen LogP contribution in [0.1, 0.15) is 12.8 Å². The molecule has 1 atom stereocenters. The van der Waals surface area contributed by atoms with Crippen molar-refractivity contribution in [3.8, 4) is 11.4 Å². The van der Waals surface area contributed by atoms with Crippen LogP contribution in [0, 0.1) is 0 Å². The summed E-state index contributed by atoms with van der Waals surface area (Å²) in [5.41, 5.74) is 1.02. The van der Waals surface area contributed by atoms with Crippen LogP contribution in [0.5, 0.6) is 0 Å². The van der Waals surface area contributed by atoms with Gasteiger partial charge in [-0.1, -0.05) is 42.5 Å². The fourth-order valence-electron chi connectivity index (χ4n) is 2.44.